The zero-order valence-electron chi connectivity index (χ0n) is 10.4. The van der Waals surface area contributed by atoms with Crippen molar-refractivity contribution in [3.63, 3.8) is 0 Å². The van der Waals surface area contributed by atoms with Gasteiger partial charge in [-0.3, -0.25) is 4.79 Å². The van der Waals surface area contributed by atoms with E-state index in [1.54, 1.807) is 6.92 Å². The van der Waals surface area contributed by atoms with Gasteiger partial charge >= 0.3 is 12.0 Å². The largest absolute Gasteiger partial charge is 0.481 e. The standard InChI is InChI=1S/C12H20N2O3/c1-4-8-14(9-5-2)12(17)13-10(3)6-7-11(15)16/h1,10H,5-9H2,2-3H3,(H,13,17)(H,15,16). The number of nitrogens with one attached hydrogen (secondary N) is 1. The van der Waals surface area contributed by atoms with Gasteiger partial charge in [0.2, 0.25) is 0 Å². The predicted octanol–water partition coefficient (Wildman–Crippen LogP) is 1.29. The second-order valence-corrected chi connectivity index (χ2v) is 3.91. The maximum Gasteiger partial charge on any atom is 0.318 e. The SMILES string of the molecule is C#CCN(CCC)C(=O)NC(C)CCC(=O)O. The van der Waals surface area contributed by atoms with Crippen molar-refractivity contribution in [2.45, 2.75) is 39.2 Å². The highest BCUT2D eigenvalue weighted by Crippen LogP contribution is 1.99. The quantitative estimate of drug-likeness (QED) is 0.659. The van der Waals surface area contributed by atoms with Crippen molar-refractivity contribution in [2.24, 2.45) is 0 Å². The Labute approximate surface area is 102 Å². The fourth-order valence-corrected chi connectivity index (χ4v) is 1.35. The molecule has 0 radical (unpaired) electrons. The van der Waals surface area contributed by atoms with Crippen LogP contribution in [0.3, 0.4) is 0 Å². The first kappa shape index (κ1) is 15.3. The van der Waals surface area contributed by atoms with Crippen LogP contribution in [0.1, 0.15) is 33.1 Å². The third-order valence-electron chi connectivity index (χ3n) is 2.22. The molecule has 2 amide bonds. The van der Waals surface area contributed by atoms with Crippen molar-refractivity contribution in [2.75, 3.05) is 13.1 Å². The van der Waals surface area contributed by atoms with Gasteiger partial charge in [0.15, 0.2) is 0 Å². The van der Waals surface area contributed by atoms with E-state index in [-0.39, 0.29) is 25.0 Å². The first-order valence-electron chi connectivity index (χ1n) is 5.72. The molecule has 0 aromatic carbocycles. The second kappa shape index (κ2) is 8.45. The van der Waals surface area contributed by atoms with Crippen LogP contribution in [-0.2, 0) is 4.79 Å². The lowest BCUT2D eigenvalue weighted by atomic mass is 10.2. The van der Waals surface area contributed by atoms with Gasteiger partial charge in [0, 0.05) is 19.0 Å². The molecular formula is C12H20N2O3. The van der Waals surface area contributed by atoms with Crippen molar-refractivity contribution in [3.8, 4) is 12.3 Å². The van der Waals surface area contributed by atoms with E-state index in [0.717, 1.165) is 6.42 Å². The van der Waals surface area contributed by atoms with Crippen molar-refractivity contribution in [3.05, 3.63) is 0 Å². The van der Waals surface area contributed by atoms with E-state index in [1.807, 2.05) is 6.92 Å². The lowest BCUT2D eigenvalue weighted by Gasteiger charge is -2.22. The van der Waals surface area contributed by atoms with Crippen molar-refractivity contribution in [1.29, 1.82) is 0 Å². The molecule has 96 valence electrons. The molecule has 0 aromatic heterocycles. The summed E-state index contributed by atoms with van der Waals surface area (Å²) in [5.74, 6) is 1.57. The van der Waals surface area contributed by atoms with Gasteiger partial charge < -0.3 is 15.3 Å². The van der Waals surface area contributed by atoms with Gasteiger partial charge in [-0.2, -0.15) is 0 Å². The molecule has 5 nitrogen and oxygen atoms in total. The molecule has 0 rings (SSSR count). The summed E-state index contributed by atoms with van der Waals surface area (Å²) >= 11 is 0. The number of amides is 2. The van der Waals surface area contributed by atoms with Crippen LogP contribution >= 0.6 is 0 Å². The van der Waals surface area contributed by atoms with Crippen LogP contribution in [0.4, 0.5) is 4.79 Å². The monoisotopic (exact) mass is 240 g/mol. The van der Waals surface area contributed by atoms with E-state index in [0.29, 0.717) is 13.0 Å². The number of carbonyl (C=O) groups excluding carboxylic acids is 1. The van der Waals surface area contributed by atoms with Crippen LogP contribution in [0.15, 0.2) is 0 Å². The maximum atomic E-state index is 11.8. The van der Waals surface area contributed by atoms with Crippen LogP contribution < -0.4 is 5.32 Å². The number of nitrogens with zero attached hydrogens (tertiary/aromatic N) is 1. The fraction of sp³-hybridized carbons (Fsp3) is 0.667. The molecule has 0 aromatic rings. The smallest absolute Gasteiger partial charge is 0.318 e. The maximum absolute atomic E-state index is 11.8. The summed E-state index contributed by atoms with van der Waals surface area (Å²) < 4.78 is 0. The molecule has 0 saturated carbocycles. The lowest BCUT2D eigenvalue weighted by molar-refractivity contribution is -0.137. The number of hydrogen-bond acceptors (Lipinski definition) is 2. The van der Waals surface area contributed by atoms with Crippen LogP contribution in [0.25, 0.3) is 0 Å². The van der Waals surface area contributed by atoms with E-state index < -0.39 is 5.97 Å². The molecule has 0 saturated heterocycles. The number of aliphatic carboxylic acids is 1. The Hall–Kier alpha value is -1.70. The van der Waals surface area contributed by atoms with Gasteiger partial charge in [-0.1, -0.05) is 12.8 Å². The summed E-state index contributed by atoms with van der Waals surface area (Å²) in [5, 5.41) is 11.3. The van der Waals surface area contributed by atoms with Gasteiger partial charge in [0.25, 0.3) is 0 Å². The number of terminal acetylenes is 1. The summed E-state index contributed by atoms with van der Waals surface area (Å²) in [6.45, 7) is 4.61. The molecule has 1 atom stereocenters. The van der Waals surface area contributed by atoms with Crippen molar-refractivity contribution in [1.82, 2.24) is 10.2 Å². The molecule has 1 unspecified atom stereocenters. The lowest BCUT2D eigenvalue weighted by Crippen LogP contribution is -2.44. The summed E-state index contributed by atoms with van der Waals surface area (Å²) in [7, 11) is 0. The van der Waals surface area contributed by atoms with E-state index in [1.165, 1.54) is 4.90 Å². The summed E-state index contributed by atoms with van der Waals surface area (Å²) in [6, 6.07) is -0.404. The molecule has 5 heteroatoms. The average Bonchev–Trinajstić information content (AvgIpc) is 2.26. The van der Waals surface area contributed by atoms with E-state index in [9.17, 15) is 9.59 Å². The van der Waals surface area contributed by atoms with E-state index in [4.69, 9.17) is 11.5 Å². The average molecular weight is 240 g/mol. The van der Waals surface area contributed by atoms with E-state index in [2.05, 4.69) is 11.2 Å². The van der Waals surface area contributed by atoms with Gasteiger partial charge in [-0.15, -0.1) is 6.42 Å². The predicted molar refractivity (Wildman–Crippen MR) is 65.6 cm³/mol. The molecule has 0 bridgehead atoms. The molecule has 0 aliphatic rings. The normalized spacial score (nSPS) is 11.4. The molecule has 0 aliphatic carbocycles. The van der Waals surface area contributed by atoms with Crippen LogP contribution in [0.2, 0.25) is 0 Å². The number of carboxylic acid groups (broad SMARTS) is 1. The van der Waals surface area contributed by atoms with Crippen molar-refractivity contribution < 1.29 is 14.7 Å². The molecule has 0 fully saturated rings. The number of carboxylic acids is 1. The van der Waals surface area contributed by atoms with Crippen LogP contribution in [0.5, 0.6) is 0 Å². The highest BCUT2D eigenvalue weighted by atomic mass is 16.4. The number of rotatable bonds is 7. The highest BCUT2D eigenvalue weighted by molar-refractivity contribution is 5.75. The van der Waals surface area contributed by atoms with Gasteiger partial charge in [0.1, 0.15) is 0 Å². The Kier molecular flexibility index (Phi) is 7.61. The van der Waals surface area contributed by atoms with Crippen molar-refractivity contribution >= 4 is 12.0 Å². The van der Waals surface area contributed by atoms with E-state index >= 15 is 0 Å². The Morgan fingerprint density at radius 1 is 1.53 bits per heavy atom. The number of urea groups is 1. The Balaban J connectivity index is 4.11. The van der Waals surface area contributed by atoms with Gasteiger partial charge in [-0.25, -0.2) is 4.79 Å². The third-order valence-corrected chi connectivity index (χ3v) is 2.22. The minimum absolute atomic E-state index is 0.0460. The Morgan fingerprint density at radius 3 is 2.65 bits per heavy atom. The fourth-order valence-electron chi connectivity index (χ4n) is 1.35. The summed E-state index contributed by atoms with van der Waals surface area (Å²) in [5.41, 5.74) is 0. The topological polar surface area (TPSA) is 69.6 Å². The minimum Gasteiger partial charge on any atom is -0.481 e. The highest BCUT2D eigenvalue weighted by Gasteiger charge is 2.14. The Morgan fingerprint density at radius 2 is 2.18 bits per heavy atom. The van der Waals surface area contributed by atoms with Crippen LogP contribution in [-0.4, -0.2) is 41.1 Å². The molecule has 2 N–H and O–H groups in total. The number of hydrogen-bond donors (Lipinski definition) is 2. The summed E-state index contributed by atoms with van der Waals surface area (Å²) in [4.78, 5) is 23.7. The zero-order valence-corrected chi connectivity index (χ0v) is 10.4. The minimum atomic E-state index is -0.861. The zero-order chi connectivity index (χ0) is 13.3. The molecule has 0 spiro atoms. The van der Waals surface area contributed by atoms with Gasteiger partial charge in [-0.05, 0) is 19.8 Å². The number of carbonyl (C=O) groups is 2. The first-order valence-corrected chi connectivity index (χ1v) is 5.72. The van der Waals surface area contributed by atoms with Gasteiger partial charge in [0.05, 0.1) is 6.54 Å². The van der Waals surface area contributed by atoms with Crippen LogP contribution in [0, 0.1) is 12.3 Å². The molecular weight excluding hydrogens is 220 g/mol. The molecule has 0 heterocycles. The Bertz CT molecular complexity index is 297. The first-order chi connectivity index (χ1) is 8.01. The molecule has 17 heavy (non-hydrogen) atoms. The summed E-state index contributed by atoms with van der Waals surface area (Å²) in [6.07, 6.45) is 6.47. The third kappa shape index (κ3) is 7.23. The second-order valence-electron chi connectivity index (χ2n) is 3.91. The molecule has 0 aliphatic heterocycles.